The maximum Gasteiger partial charge on any atom is 0.318 e. The Morgan fingerprint density at radius 2 is 1.71 bits per heavy atom. The van der Waals surface area contributed by atoms with Crippen molar-refractivity contribution in [2.75, 3.05) is 7.11 Å². The van der Waals surface area contributed by atoms with Crippen LogP contribution in [0, 0.1) is 0 Å². The minimum Gasteiger partial charge on any atom is -0.497 e. The van der Waals surface area contributed by atoms with Crippen molar-refractivity contribution < 1.29 is 19.4 Å². The van der Waals surface area contributed by atoms with Gasteiger partial charge in [-0.2, -0.15) is 0 Å². The Bertz CT molecular complexity index is 416. The van der Waals surface area contributed by atoms with Gasteiger partial charge in [0.05, 0.1) is 7.11 Å². The van der Waals surface area contributed by atoms with Gasteiger partial charge >= 0.3 is 5.97 Å². The normalized spacial score (nSPS) is 13.8. The Labute approximate surface area is 115 Å². The number of ketones is 1. The highest BCUT2D eigenvalue weighted by atomic mass is 79.9. The quantitative estimate of drug-likeness (QED) is 0.643. The zero-order valence-electron chi connectivity index (χ0n) is 8.89. The lowest BCUT2D eigenvalue weighted by molar-refractivity contribution is -0.136. The molecular formula is C11H10Br2O4. The summed E-state index contributed by atoms with van der Waals surface area (Å²) in [5.41, 5.74) is 0.429. The molecule has 0 spiro atoms. The third-order valence-corrected chi connectivity index (χ3v) is 4.69. The second-order valence-electron chi connectivity index (χ2n) is 3.23. The molecule has 0 unspecified atom stereocenters. The lowest BCUT2D eigenvalue weighted by Crippen LogP contribution is -2.30. The van der Waals surface area contributed by atoms with Crippen molar-refractivity contribution in [2.45, 2.75) is 9.65 Å². The van der Waals surface area contributed by atoms with Crippen LogP contribution in [0.5, 0.6) is 5.75 Å². The van der Waals surface area contributed by atoms with E-state index in [1.165, 1.54) is 7.11 Å². The Kier molecular flexibility index (Phi) is 5.14. The van der Waals surface area contributed by atoms with Gasteiger partial charge in [0.1, 0.15) is 15.4 Å². The molecule has 0 aliphatic rings. The topological polar surface area (TPSA) is 63.6 Å². The maximum atomic E-state index is 11.9. The van der Waals surface area contributed by atoms with Gasteiger partial charge in [0, 0.05) is 5.56 Å². The van der Waals surface area contributed by atoms with Crippen LogP contribution in [0.3, 0.4) is 0 Å². The van der Waals surface area contributed by atoms with Gasteiger partial charge in [-0.05, 0) is 24.3 Å². The SMILES string of the molecule is COc1ccc(C(=O)[C@H](Br)[C@@H](Br)C(=O)O)cc1. The van der Waals surface area contributed by atoms with Crippen molar-refractivity contribution in [1.82, 2.24) is 0 Å². The second-order valence-corrected chi connectivity index (χ2v) is 5.21. The van der Waals surface area contributed by atoms with Crippen LogP contribution in [-0.2, 0) is 4.79 Å². The number of carboxylic acid groups (broad SMARTS) is 1. The van der Waals surface area contributed by atoms with E-state index in [9.17, 15) is 9.59 Å². The van der Waals surface area contributed by atoms with E-state index in [0.29, 0.717) is 11.3 Å². The Morgan fingerprint density at radius 3 is 2.12 bits per heavy atom. The largest absolute Gasteiger partial charge is 0.497 e. The molecule has 1 N–H and O–H groups in total. The molecule has 0 heterocycles. The molecule has 0 amide bonds. The molecule has 0 bridgehead atoms. The fourth-order valence-electron chi connectivity index (χ4n) is 1.17. The summed E-state index contributed by atoms with van der Waals surface area (Å²) < 4.78 is 4.97. The number of methoxy groups -OCH3 is 1. The molecule has 0 aliphatic heterocycles. The van der Waals surface area contributed by atoms with Crippen molar-refractivity contribution in [2.24, 2.45) is 0 Å². The number of rotatable bonds is 5. The maximum absolute atomic E-state index is 11.9. The summed E-state index contributed by atoms with van der Waals surface area (Å²) in [6.07, 6.45) is 0. The van der Waals surface area contributed by atoms with Gasteiger partial charge in [0.2, 0.25) is 0 Å². The van der Waals surface area contributed by atoms with E-state index in [4.69, 9.17) is 9.84 Å². The van der Waals surface area contributed by atoms with Gasteiger partial charge in [-0.3, -0.25) is 9.59 Å². The van der Waals surface area contributed by atoms with E-state index >= 15 is 0 Å². The van der Waals surface area contributed by atoms with Crippen LogP contribution in [0.25, 0.3) is 0 Å². The number of alkyl halides is 2. The molecular weight excluding hydrogens is 356 g/mol. The lowest BCUT2D eigenvalue weighted by atomic mass is 10.1. The fourth-order valence-corrected chi connectivity index (χ4v) is 1.90. The number of carbonyl (C=O) groups is 2. The average molecular weight is 366 g/mol. The first-order valence-electron chi connectivity index (χ1n) is 4.66. The van der Waals surface area contributed by atoms with Crippen molar-refractivity contribution in [1.29, 1.82) is 0 Å². The number of carbonyl (C=O) groups excluding carboxylic acids is 1. The minimum atomic E-state index is -1.09. The van der Waals surface area contributed by atoms with E-state index in [1.54, 1.807) is 24.3 Å². The number of aliphatic carboxylic acids is 1. The Morgan fingerprint density at radius 1 is 1.18 bits per heavy atom. The van der Waals surface area contributed by atoms with Crippen LogP contribution in [0.4, 0.5) is 0 Å². The third-order valence-electron chi connectivity index (χ3n) is 2.12. The van der Waals surface area contributed by atoms with E-state index in [1.807, 2.05) is 0 Å². The van der Waals surface area contributed by atoms with Crippen molar-refractivity contribution >= 4 is 43.6 Å². The molecule has 0 aromatic heterocycles. The van der Waals surface area contributed by atoms with Crippen LogP contribution >= 0.6 is 31.9 Å². The monoisotopic (exact) mass is 364 g/mol. The number of halogens is 2. The summed E-state index contributed by atoms with van der Waals surface area (Å²) in [7, 11) is 1.53. The summed E-state index contributed by atoms with van der Waals surface area (Å²) in [5.74, 6) is -0.744. The standard InChI is InChI=1S/C11H10Br2O4/c1-17-7-4-2-6(3-5-7)10(14)8(12)9(13)11(15)16/h2-5,8-9H,1H3,(H,15,16)/t8-,9-/m1/s1. The van der Waals surface area contributed by atoms with Gasteiger partial charge in [-0.15, -0.1) is 0 Å². The van der Waals surface area contributed by atoms with E-state index < -0.39 is 15.6 Å². The van der Waals surface area contributed by atoms with Crippen LogP contribution in [0.1, 0.15) is 10.4 Å². The molecule has 1 aromatic carbocycles. The predicted molar refractivity (Wildman–Crippen MR) is 70.4 cm³/mol. The van der Waals surface area contributed by atoms with Crippen LogP contribution in [0.2, 0.25) is 0 Å². The highest BCUT2D eigenvalue weighted by Gasteiger charge is 2.29. The van der Waals surface area contributed by atoms with E-state index in [-0.39, 0.29) is 5.78 Å². The highest BCUT2D eigenvalue weighted by molar-refractivity contribution is 9.12. The molecule has 6 heteroatoms. The first kappa shape index (κ1) is 14.2. The molecule has 92 valence electrons. The van der Waals surface area contributed by atoms with E-state index in [2.05, 4.69) is 31.9 Å². The molecule has 17 heavy (non-hydrogen) atoms. The predicted octanol–water partition coefficient (Wildman–Crippen LogP) is 2.49. The van der Waals surface area contributed by atoms with Crippen LogP contribution in [0.15, 0.2) is 24.3 Å². The molecule has 1 rings (SSSR count). The lowest BCUT2D eigenvalue weighted by Gasteiger charge is -2.11. The van der Waals surface area contributed by atoms with Gasteiger partial charge in [-0.1, -0.05) is 31.9 Å². The molecule has 0 radical (unpaired) electrons. The Hall–Kier alpha value is -0.880. The van der Waals surface area contributed by atoms with Crippen LogP contribution in [-0.4, -0.2) is 33.6 Å². The number of Topliss-reactive ketones (excluding diaryl/α,β-unsaturated/α-hetero) is 1. The highest BCUT2D eigenvalue weighted by Crippen LogP contribution is 2.21. The van der Waals surface area contributed by atoms with E-state index in [0.717, 1.165) is 0 Å². The average Bonchev–Trinajstić information content (AvgIpc) is 2.36. The Balaban J connectivity index is 2.85. The molecule has 0 fully saturated rings. The molecule has 1 aromatic rings. The summed E-state index contributed by atoms with van der Waals surface area (Å²) >= 11 is 6.01. The summed E-state index contributed by atoms with van der Waals surface area (Å²) in [5, 5.41) is 8.78. The second kappa shape index (κ2) is 6.16. The third kappa shape index (κ3) is 3.54. The molecule has 0 saturated carbocycles. The molecule has 0 aliphatic carbocycles. The summed E-state index contributed by atoms with van der Waals surface area (Å²) in [4.78, 5) is 20.9. The molecule has 0 saturated heterocycles. The van der Waals surface area contributed by atoms with Gasteiger partial charge in [0.25, 0.3) is 0 Å². The smallest absolute Gasteiger partial charge is 0.318 e. The zero-order chi connectivity index (χ0) is 13.0. The number of ether oxygens (including phenoxy) is 1. The number of benzene rings is 1. The molecule has 4 nitrogen and oxygen atoms in total. The number of hydrogen-bond acceptors (Lipinski definition) is 3. The van der Waals surface area contributed by atoms with Crippen molar-refractivity contribution in [3.8, 4) is 5.75 Å². The van der Waals surface area contributed by atoms with Gasteiger partial charge < -0.3 is 9.84 Å². The summed E-state index contributed by atoms with van der Waals surface area (Å²) in [6.45, 7) is 0. The van der Waals surface area contributed by atoms with Gasteiger partial charge in [0.15, 0.2) is 5.78 Å². The van der Waals surface area contributed by atoms with Crippen molar-refractivity contribution in [3.05, 3.63) is 29.8 Å². The summed E-state index contributed by atoms with van der Waals surface area (Å²) in [6, 6.07) is 6.49. The minimum absolute atomic E-state index is 0.295. The first-order chi connectivity index (χ1) is 7.97. The first-order valence-corrected chi connectivity index (χ1v) is 6.49. The van der Waals surface area contributed by atoms with Crippen molar-refractivity contribution in [3.63, 3.8) is 0 Å². The van der Waals surface area contributed by atoms with Crippen LogP contribution < -0.4 is 4.74 Å². The number of carboxylic acids is 1. The zero-order valence-corrected chi connectivity index (χ0v) is 12.1. The molecule has 2 atom stereocenters. The fraction of sp³-hybridized carbons (Fsp3) is 0.273. The van der Waals surface area contributed by atoms with Gasteiger partial charge in [-0.25, -0.2) is 0 Å². The number of hydrogen-bond donors (Lipinski definition) is 1.